The molecule has 0 aliphatic carbocycles. The van der Waals surface area contributed by atoms with Crippen LogP contribution in [0.1, 0.15) is 45.2 Å². The highest BCUT2D eigenvalue weighted by Crippen LogP contribution is 2.35. The van der Waals surface area contributed by atoms with Crippen molar-refractivity contribution in [2.75, 3.05) is 0 Å². The van der Waals surface area contributed by atoms with E-state index < -0.39 is 0 Å². The van der Waals surface area contributed by atoms with Crippen LogP contribution in [0.5, 0.6) is 0 Å². The standard InChI is InChI=1S/C18H23ClO/c1-13(2)9-10-18(5,11-14(3)12-20)16-7-6-8-17(19)15(16)4/h6-9,11-12H,10H2,1-5H3/b14-11+. The lowest BCUT2D eigenvalue weighted by Crippen LogP contribution is -2.20. The second-order valence-corrected chi connectivity index (χ2v) is 6.23. The summed E-state index contributed by atoms with van der Waals surface area (Å²) in [6.07, 6.45) is 6.00. The maximum Gasteiger partial charge on any atom is 0.145 e. The minimum Gasteiger partial charge on any atom is -0.298 e. The van der Waals surface area contributed by atoms with Gasteiger partial charge in [-0.1, -0.05) is 48.4 Å². The molecule has 0 N–H and O–H groups in total. The van der Waals surface area contributed by atoms with Crippen LogP contribution in [0.4, 0.5) is 0 Å². The van der Waals surface area contributed by atoms with Crippen molar-refractivity contribution in [1.82, 2.24) is 0 Å². The molecule has 0 radical (unpaired) electrons. The van der Waals surface area contributed by atoms with Crippen molar-refractivity contribution in [2.45, 2.75) is 46.5 Å². The van der Waals surface area contributed by atoms with E-state index in [1.165, 1.54) is 11.1 Å². The van der Waals surface area contributed by atoms with E-state index >= 15 is 0 Å². The van der Waals surface area contributed by atoms with Gasteiger partial charge in [0.05, 0.1) is 0 Å². The molecule has 1 atom stereocenters. The Morgan fingerprint density at radius 3 is 2.50 bits per heavy atom. The van der Waals surface area contributed by atoms with Crippen molar-refractivity contribution in [3.8, 4) is 0 Å². The maximum absolute atomic E-state index is 11.0. The molecule has 0 fully saturated rings. The van der Waals surface area contributed by atoms with Crippen LogP contribution in [0.3, 0.4) is 0 Å². The third-order valence-electron chi connectivity index (χ3n) is 3.55. The molecular formula is C18H23ClO. The molecule has 0 bridgehead atoms. The van der Waals surface area contributed by atoms with Crippen LogP contribution < -0.4 is 0 Å². The van der Waals surface area contributed by atoms with E-state index in [2.05, 4.69) is 32.9 Å². The molecule has 108 valence electrons. The number of hydrogen-bond donors (Lipinski definition) is 0. The van der Waals surface area contributed by atoms with Gasteiger partial charge in [-0.2, -0.15) is 0 Å². The monoisotopic (exact) mass is 290 g/mol. The Labute approximate surface area is 127 Å². The molecule has 0 saturated carbocycles. The van der Waals surface area contributed by atoms with E-state index in [1.807, 2.05) is 32.1 Å². The zero-order chi connectivity index (χ0) is 15.3. The minimum atomic E-state index is -0.225. The second-order valence-electron chi connectivity index (χ2n) is 5.82. The lowest BCUT2D eigenvalue weighted by molar-refractivity contribution is -0.104. The van der Waals surface area contributed by atoms with E-state index in [-0.39, 0.29) is 5.41 Å². The molecule has 1 rings (SSSR count). The van der Waals surface area contributed by atoms with Gasteiger partial charge in [0.15, 0.2) is 0 Å². The molecule has 1 unspecified atom stereocenters. The Morgan fingerprint density at radius 2 is 1.95 bits per heavy atom. The Bertz CT molecular complexity index is 551. The highest BCUT2D eigenvalue weighted by Gasteiger charge is 2.25. The Balaban J connectivity index is 3.40. The molecule has 1 aromatic rings. The van der Waals surface area contributed by atoms with Crippen LogP contribution in [-0.4, -0.2) is 6.29 Å². The smallest absolute Gasteiger partial charge is 0.145 e. The van der Waals surface area contributed by atoms with E-state index in [4.69, 9.17) is 11.6 Å². The van der Waals surface area contributed by atoms with Gasteiger partial charge in [-0.15, -0.1) is 0 Å². The summed E-state index contributed by atoms with van der Waals surface area (Å²) < 4.78 is 0. The highest BCUT2D eigenvalue weighted by atomic mass is 35.5. The molecule has 0 aromatic heterocycles. The van der Waals surface area contributed by atoms with Gasteiger partial charge < -0.3 is 0 Å². The molecule has 0 aliphatic heterocycles. The molecule has 0 amide bonds. The fraction of sp³-hybridized carbons (Fsp3) is 0.389. The lowest BCUT2D eigenvalue weighted by atomic mass is 9.76. The highest BCUT2D eigenvalue weighted by molar-refractivity contribution is 6.31. The van der Waals surface area contributed by atoms with Crippen LogP contribution in [0.2, 0.25) is 5.02 Å². The van der Waals surface area contributed by atoms with Crippen molar-refractivity contribution in [1.29, 1.82) is 0 Å². The third-order valence-corrected chi connectivity index (χ3v) is 3.96. The van der Waals surface area contributed by atoms with E-state index in [9.17, 15) is 4.79 Å². The number of halogens is 1. The van der Waals surface area contributed by atoms with Gasteiger partial charge in [-0.3, -0.25) is 4.79 Å². The van der Waals surface area contributed by atoms with Crippen molar-refractivity contribution >= 4 is 17.9 Å². The zero-order valence-electron chi connectivity index (χ0n) is 13.0. The molecule has 1 aromatic carbocycles. The van der Waals surface area contributed by atoms with E-state index in [0.29, 0.717) is 0 Å². The van der Waals surface area contributed by atoms with Gasteiger partial charge >= 0.3 is 0 Å². The summed E-state index contributed by atoms with van der Waals surface area (Å²) in [5, 5.41) is 0.767. The van der Waals surface area contributed by atoms with Gasteiger partial charge in [-0.25, -0.2) is 0 Å². The number of aldehydes is 1. The van der Waals surface area contributed by atoms with E-state index in [1.54, 1.807) is 0 Å². The molecule has 20 heavy (non-hydrogen) atoms. The molecule has 0 saturated heterocycles. The molecule has 0 aliphatic rings. The first kappa shape index (κ1) is 16.7. The SMILES string of the molecule is CC(C)=CCC(C)(/C=C(\C)C=O)c1cccc(Cl)c1C. The molecule has 1 nitrogen and oxygen atoms in total. The average Bonchev–Trinajstić information content (AvgIpc) is 2.39. The van der Waals surface area contributed by atoms with Crippen LogP contribution in [0.25, 0.3) is 0 Å². The van der Waals surface area contributed by atoms with Crippen molar-refractivity contribution < 1.29 is 4.79 Å². The number of carbonyl (C=O) groups excluding carboxylic acids is 1. The fourth-order valence-corrected chi connectivity index (χ4v) is 2.60. The predicted molar refractivity (Wildman–Crippen MR) is 87.4 cm³/mol. The van der Waals surface area contributed by atoms with Crippen molar-refractivity contribution in [3.05, 3.63) is 57.6 Å². The predicted octanol–water partition coefficient (Wildman–Crippen LogP) is 5.41. The van der Waals surface area contributed by atoms with Crippen molar-refractivity contribution in [3.63, 3.8) is 0 Å². The number of rotatable bonds is 5. The van der Waals surface area contributed by atoms with E-state index in [0.717, 1.165) is 28.9 Å². The van der Waals surface area contributed by atoms with Crippen LogP contribution in [0, 0.1) is 6.92 Å². The summed E-state index contributed by atoms with van der Waals surface area (Å²) in [6.45, 7) is 10.2. The first-order valence-corrected chi connectivity index (χ1v) is 7.21. The van der Waals surface area contributed by atoms with Crippen LogP contribution >= 0.6 is 11.6 Å². The fourth-order valence-electron chi connectivity index (χ4n) is 2.43. The minimum absolute atomic E-state index is 0.225. The first-order chi connectivity index (χ1) is 9.30. The van der Waals surface area contributed by atoms with Crippen LogP contribution in [-0.2, 0) is 10.2 Å². The average molecular weight is 291 g/mol. The normalized spacial score (nSPS) is 14.6. The summed E-state index contributed by atoms with van der Waals surface area (Å²) in [7, 11) is 0. The molecule has 2 heteroatoms. The largest absolute Gasteiger partial charge is 0.298 e. The molecule has 0 spiro atoms. The van der Waals surface area contributed by atoms with Gasteiger partial charge in [0.1, 0.15) is 6.29 Å². The van der Waals surface area contributed by atoms with Gasteiger partial charge in [0, 0.05) is 10.4 Å². The number of carbonyl (C=O) groups is 1. The summed E-state index contributed by atoms with van der Waals surface area (Å²) >= 11 is 6.25. The Kier molecular flexibility index (Phi) is 5.76. The summed E-state index contributed by atoms with van der Waals surface area (Å²) in [6, 6.07) is 5.96. The Hall–Kier alpha value is -1.34. The number of benzene rings is 1. The third kappa shape index (κ3) is 4.08. The lowest BCUT2D eigenvalue weighted by Gasteiger charge is -2.28. The summed E-state index contributed by atoms with van der Waals surface area (Å²) in [5.74, 6) is 0. The molecular weight excluding hydrogens is 268 g/mol. The topological polar surface area (TPSA) is 17.1 Å². The maximum atomic E-state index is 11.0. The number of hydrogen-bond acceptors (Lipinski definition) is 1. The quantitative estimate of drug-likeness (QED) is 0.403. The van der Waals surface area contributed by atoms with Crippen LogP contribution in [0.15, 0.2) is 41.5 Å². The summed E-state index contributed by atoms with van der Waals surface area (Å²) in [5.41, 5.74) is 4.04. The zero-order valence-corrected chi connectivity index (χ0v) is 13.7. The van der Waals surface area contributed by atoms with Crippen molar-refractivity contribution in [2.24, 2.45) is 0 Å². The molecule has 0 heterocycles. The van der Waals surface area contributed by atoms with Gasteiger partial charge in [-0.05, 0) is 56.9 Å². The Morgan fingerprint density at radius 1 is 1.30 bits per heavy atom. The second kappa shape index (κ2) is 6.90. The first-order valence-electron chi connectivity index (χ1n) is 6.84. The summed E-state index contributed by atoms with van der Waals surface area (Å²) in [4.78, 5) is 11.0. The van der Waals surface area contributed by atoms with Gasteiger partial charge in [0.25, 0.3) is 0 Å². The van der Waals surface area contributed by atoms with Gasteiger partial charge in [0.2, 0.25) is 0 Å². The number of allylic oxidation sites excluding steroid dienone is 4.